The molecule has 0 heterocycles. The Morgan fingerprint density at radius 3 is 2.58 bits per heavy atom. The van der Waals surface area contributed by atoms with Crippen LogP contribution in [0.5, 0.6) is 0 Å². The van der Waals surface area contributed by atoms with Gasteiger partial charge in [0, 0.05) is 5.75 Å². The summed E-state index contributed by atoms with van der Waals surface area (Å²) < 4.78 is 0. The molecule has 1 aromatic carbocycles. The highest BCUT2D eigenvalue weighted by Gasteiger charge is 1.97. The summed E-state index contributed by atoms with van der Waals surface area (Å²) in [6.45, 7) is 4.37. The highest BCUT2D eigenvalue weighted by Crippen LogP contribution is 2.13. The van der Waals surface area contributed by atoms with Gasteiger partial charge in [0.1, 0.15) is 0 Å². The molecule has 1 rings (SSSR count). The lowest BCUT2D eigenvalue weighted by molar-refractivity contribution is 0.919. The van der Waals surface area contributed by atoms with Crippen molar-refractivity contribution >= 4 is 12.6 Å². The summed E-state index contributed by atoms with van der Waals surface area (Å²) in [4.78, 5) is 0. The van der Waals surface area contributed by atoms with Crippen LogP contribution in [0.1, 0.15) is 30.0 Å². The van der Waals surface area contributed by atoms with E-state index in [0.29, 0.717) is 0 Å². The third-order valence-electron chi connectivity index (χ3n) is 2.12. The summed E-state index contributed by atoms with van der Waals surface area (Å²) in [6.07, 6.45) is 2.41. The number of thiol groups is 1. The van der Waals surface area contributed by atoms with Crippen molar-refractivity contribution in [2.45, 2.75) is 32.4 Å². The maximum atomic E-state index is 4.27. The monoisotopic (exact) mass is 180 g/mol. The van der Waals surface area contributed by atoms with Crippen molar-refractivity contribution in [1.82, 2.24) is 0 Å². The van der Waals surface area contributed by atoms with Crippen LogP contribution in [-0.4, -0.2) is 0 Å². The molecule has 0 radical (unpaired) electrons. The number of benzene rings is 1. The first kappa shape index (κ1) is 9.66. The Labute approximate surface area is 80.4 Å². The minimum Gasteiger partial charge on any atom is -0.175 e. The zero-order chi connectivity index (χ0) is 8.97. The molecule has 0 atom stereocenters. The third kappa shape index (κ3) is 2.28. The summed E-state index contributed by atoms with van der Waals surface area (Å²) in [5.41, 5.74) is 4.16. The molecule has 0 aliphatic heterocycles. The maximum absolute atomic E-state index is 4.27. The van der Waals surface area contributed by atoms with Crippen molar-refractivity contribution in [3.8, 4) is 0 Å². The number of rotatable bonds is 3. The molecular weight excluding hydrogens is 164 g/mol. The van der Waals surface area contributed by atoms with Gasteiger partial charge in [-0.25, -0.2) is 0 Å². The van der Waals surface area contributed by atoms with E-state index >= 15 is 0 Å². The zero-order valence-corrected chi connectivity index (χ0v) is 8.70. The van der Waals surface area contributed by atoms with E-state index in [2.05, 4.69) is 44.7 Å². The number of hydrogen-bond acceptors (Lipinski definition) is 1. The van der Waals surface area contributed by atoms with Gasteiger partial charge in [0.05, 0.1) is 0 Å². The Kier molecular flexibility index (Phi) is 3.67. The molecule has 0 amide bonds. The Hall–Kier alpha value is -0.430. The van der Waals surface area contributed by atoms with E-state index < -0.39 is 0 Å². The highest BCUT2D eigenvalue weighted by atomic mass is 32.1. The largest absolute Gasteiger partial charge is 0.175 e. The SMILES string of the molecule is CCCc1ccc(CS)c(C)c1. The first-order valence-corrected chi connectivity index (χ1v) is 5.10. The minimum absolute atomic E-state index is 0.845. The topological polar surface area (TPSA) is 0 Å². The van der Waals surface area contributed by atoms with Crippen LogP contribution in [0.25, 0.3) is 0 Å². The molecule has 1 aromatic rings. The van der Waals surface area contributed by atoms with Crippen LogP contribution in [0.15, 0.2) is 18.2 Å². The minimum atomic E-state index is 0.845. The van der Waals surface area contributed by atoms with Gasteiger partial charge >= 0.3 is 0 Å². The Morgan fingerprint density at radius 2 is 2.08 bits per heavy atom. The molecular formula is C11H16S. The lowest BCUT2D eigenvalue weighted by Crippen LogP contribution is -1.89. The van der Waals surface area contributed by atoms with Crippen LogP contribution in [0.4, 0.5) is 0 Å². The Bertz CT molecular complexity index is 253. The van der Waals surface area contributed by atoms with E-state index in [1.54, 1.807) is 0 Å². The van der Waals surface area contributed by atoms with E-state index in [1.165, 1.54) is 29.5 Å². The second-order valence-electron chi connectivity index (χ2n) is 3.17. The van der Waals surface area contributed by atoms with Crippen molar-refractivity contribution in [3.63, 3.8) is 0 Å². The number of hydrogen-bond donors (Lipinski definition) is 1. The Morgan fingerprint density at radius 1 is 1.33 bits per heavy atom. The fourth-order valence-electron chi connectivity index (χ4n) is 1.38. The molecule has 0 N–H and O–H groups in total. The molecule has 0 aliphatic rings. The smallest absolute Gasteiger partial charge is 0.0156 e. The standard InChI is InChI=1S/C11H16S/c1-3-4-10-5-6-11(8-12)9(2)7-10/h5-7,12H,3-4,8H2,1-2H3. The second kappa shape index (κ2) is 4.56. The fraction of sp³-hybridized carbons (Fsp3) is 0.455. The van der Waals surface area contributed by atoms with E-state index in [1.807, 2.05) is 0 Å². The van der Waals surface area contributed by atoms with Gasteiger partial charge in [-0.3, -0.25) is 0 Å². The van der Waals surface area contributed by atoms with Gasteiger partial charge in [-0.1, -0.05) is 31.5 Å². The van der Waals surface area contributed by atoms with Crippen LogP contribution in [0, 0.1) is 6.92 Å². The third-order valence-corrected chi connectivity index (χ3v) is 2.46. The molecule has 0 saturated heterocycles. The molecule has 0 spiro atoms. The molecule has 0 bridgehead atoms. The number of aryl methyl sites for hydroxylation is 2. The maximum Gasteiger partial charge on any atom is 0.0156 e. The summed E-state index contributed by atoms with van der Waals surface area (Å²) in [5, 5.41) is 0. The second-order valence-corrected chi connectivity index (χ2v) is 3.49. The molecule has 0 nitrogen and oxygen atoms in total. The molecule has 66 valence electrons. The van der Waals surface area contributed by atoms with Gasteiger partial charge in [0.15, 0.2) is 0 Å². The molecule has 0 unspecified atom stereocenters. The van der Waals surface area contributed by atoms with Crippen molar-refractivity contribution in [3.05, 3.63) is 34.9 Å². The zero-order valence-electron chi connectivity index (χ0n) is 7.80. The predicted octanol–water partition coefficient (Wildman–Crippen LogP) is 3.38. The van der Waals surface area contributed by atoms with Gasteiger partial charge in [-0.15, -0.1) is 0 Å². The molecule has 12 heavy (non-hydrogen) atoms. The fourth-order valence-corrected chi connectivity index (χ4v) is 1.73. The van der Waals surface area contributed by atoms with E-state index in [4.69, 9.17) is 0 Å². The van der Waals surface area contributed by atoms with Gasteiger partial charge in [-0.05, 0) is 30.0 Å². The lowest BCUT2D eigenvalue weighted by Gasteiger charge is -2.04. The van der Waals surface area contributed by atoms with Crippen molar-refractivity contribution in [1.29, 1.82) is 0 Å². The summed E-state index contributed by atoms with van der Waals surface area (Å²) in [5.74, 6) is 0.845. The predicted molar refractivity (Wildman–Crippen MR) is 57.9 cm³/mol. The first-order chi connectivity index (χ1) is 5.77. The van der Waals surface area contributed by atoms with Crippen LogP contribution >= 0.6 is 12.6 Å². The van der Waals surface area contributed by atoms with E-state index in [0.717, 1.165) is 5.75 Å². The van der Waals surface area contributed by atoms with E-state index in [9.17, 15) is 0 Å². The van der Waals surface area contributed by atoms with Gasteiger partial charge in [-0.2, -0.15) is 12.6 Å². The molecule has 0 fully saturated rings. The Balaban J connectivity index is 2.86. The average Bonchev–Trinajstić information content (AvgIpc) is 2.05. The van der Waals surface area contributed by atoms with Crippen LogP contribution in [-0.2, 0) is 12.2 Å². The molecule has 0 aromatic heterocycles. The molecule has 1 heteroatoms. The van der Waals surface area contributed by atoms with Gasteiger partial charge < -0.3 is 0 Å². The van der Waals surface area contributed by atoms with E-state index in [-0.39, 0.29) is 0 Å². The first-order valence-electron chi connectivity index (χ1n) is 4.47. The summed E-state index contributed by atoms with van der Waals surface area (Å²) in [6, 6.07) is 6.67. The summed E-state index contributed by atoms with van der Waals surface area (Å²) >= 11 is 4.27. The lowest BCUT2D eigenvalue weighted by atomic mass is 10.0. The van der Waals surface area contributed by atoms with Crippen molar-refractivity contribution < 1.29 is 0 Å². The summed E-state index contributed by atoms with van der Waals surface area (Å²) in [7, 11) is 0. The van der Waals surface area contributed by atoms with Crippen LogP contribution in [0.2, 0.25) is 0 Å². The quantitative estimate of drug-likeness (QED) is 0.677. The van der Waals surface area contributed by atoms with Crippen LogP contribution in [0.3, 0.4) is 0 Å². The molecule has 0 saturated carbocycles. The van der Waals surface area contributed by atoms with Crippen molar-refractivity contribution in [2.24, 2.45) is 0 Å². The normalized spacial score (nSPS) is 10.2. The van der Waals surface area contributed by atoms with Gasteiger partial charge in [0.2, 0.25) is 0 Å². The van der Waals surface area contributed by atoms with Gasteiger partial charge in [0.25, 0.3) is 0 Å². The highest BCUT2D eigenvalue weighted by molar-refractivity contribution is 7.79. The van der Waals surface area contributed by atoms with Crippen molar-refractivity contribution in [2.75, 3.05) is 0 Å². The van der Waals surface area contributed by atoms with Crippen LogP contribution < -0.4 is 0 Å². The average molecular weight is 180 g/mol. The molecule has 0 aliphatic carbocycles.